The average molecular weight is 162 g/mol. The van der Waals surface area contributed by atoms with Gasteiger partial charge in [-0.2, -0.15) is 10.5 Å². The van der Waals surface area contributed by atoms with Crippen LogP contribution in [0.1, 0.15) is 20.3 Å². The number of rotatable bonds is 0. The van der Waals surface area contributed by atoms with Crippen molar-refractivity contribution in [3.8, 4) is 12.1 Å². The number of hydrogen-bond donors (Lipinski definition) is 0. The van der Waals surface area contributed by atoms with Crippen molar-refractivity contribution in [1.82, 2.24) is 0 Å². The normalized spacial score (nSPS) is 19.8. The summed E-state index contributed by atoms with van der Waals surface area (Å²) in [4.78, 5) is 0. The second-order valence-corrected chi connectivity index (χ2v) is 3.43. The van der Waals surface area contributed by atoms with Crippen LogP contribution in [-0.2, 0) is 4.74 Å². The van der Waals surface area contributed by atoms with Gasteiger partial charge in [-0.3, -0.25) is 0 Å². The lowest BCUT2D eigenvalue weighted by molar-refractivity contribution is 0.0377. The van der Waals surface area contributed by atoms with E-state index < -0.39 is 0 Å². The smallest absolute Gasteiger partial charge is 0.131 e. The molecule has 3 heteroatoms. The molecule has 1 saturated heterocycles. The molecule has 1 aliphatic heterocycles. The highest BCUT2D eigenvalue weighted by atomic mass is 16.5. The molecule has 0 aromatic carbocycles. The molecule has 1 rings (SSSR count). The van der Waals surface area contributed by atoms with E-state index in [-0.39, 0.29) is 11.2 Å². The van der Waals surface area contributed by atoms with Gasteiger partial charge in [0.15, 0.2) is 0 Å². The lowest BCUT2D eigenvalue weighted by Crippen LogP contribution is -2.16. The first kappa shape index (κ1) is 8.77. The highest BCUT2D eigenvalue weighted by Gasteiger charge is 2.29. The van der Waals surface area contributed by atoms with Gasteiger partial charge in [0.05, 0.1) is 12.2 Å². The molecule has 1 aliphatic rings. The van der Waals surface area contributed by atoms with Crippen LogP contribution in [0.3, 0.4) is 0 Å². The number of nitriles is 2. The molecule has 0 aliphatic carbocycles. The maximum atomic E-state index is 8.57. The Balaban J connectivity index is 2.90. The fourth-order valence-electron chi connectivity index (χ4n) is 1.24. The third-order valence-electron chi connectivity index (χ3n) is 1.85. The van der Waals surface area contributed by atoms with E-state index in [4.69, 9.17) is 15.3 Å². The summed E-state index contributed by atoms with van der Waals surface area (Å²) < 4.78 is 5.38. The topological polar surface area (TPSA) is 56.8 Å². The van der Waals surface area contributed by atoms with E-state index >= 15 is 0 Å². The van der Waals surface area contributed by atoms with Crippen LogP contribution in [0, 0.1) is 22.7 Å². The Hall–Kier alpha value is -1.32. The molecule has 0 amide bonds. The Morgan fingerprint density at radius 3 is 2.33 bits per heavy atom. The van der Waals surface area contributed by atoms with E-state index in [2.05, 4.69) is 0 Å². The van der Waals surface area contributed by atoms with Crippen molar-refractivity contribution in [2.75, 3.05) is 6.61 Å². The van der Waals surface area contributed by atoms with Crippen molar-refractivity contribution in [3.63, 3.8) is 0 Å². The van der Waals surface area contributed by atoms with E-state index in [9.17, 15) is 0 Å². The van der Waals surface area contributed by atoms with Crippen molar-refractivity contribution in [1.29, 1.82) is 10.5 Å². The van der Waals surface area contributed by atoms with Crippen LogP contribution in [-0.4, -0.2) is 12.2 Å². The Kier molecular flexibility index (Phi) is 2.17. The minimum absolute atomic E-state index is 0.209. The molecule has 3 nitrogen and oxygen atoms in total. The first-order valence-electron chi connectivity index (χ1n) is 3.75. The molecular formula is C9H10N2O. The number of ether oxygens (including phenoxy) is 1. The van der Waals surface area contributed by atoms with Crippen LogP contribution in [0.5, 0.6) is 0 Å². The zero-order valence-corrected chi connectivity index (χ0v) is 7.22. The van der Waals surface area contributed by atoms with Gasteiger partial charge >= 0.3 is 0 Å². The monoisotopic (exact) mass is 162 g/mol. The van der Waals surface area contributed by atoms with Gasteiger partial charge in [0.2, 0.25) is 0 Å². The van der Waals surface area contributed by atoms with Crippen molar-refractivity contribution < 1.29 is 4.74 Å². The predicted molar refractivity (Wildman–Crippen MR) is 42.9 cm³/mol. The number of allylic oxidation sites excluding steroid dienone is 1. The molecule has 0 aromatic heterocycles. The maximum absolute atomic E-state index is 8.57. The molecule has 1 fully saturated rings. The largest absolute Gasteiger partial charge is 0.371 e. The van der Waals surface area contributed by atoms with E-state index in [1.165, 1.54) is 0 Å². The molecule has 0 spiro atoms. The summed E-state index contributed by atoms with van der Waals surface area (Å²) >= 11 is 0. The third-order valence-corrected chi connectivity index (χ3v) is 1.85. The second kappa shape index (κ2) is 2.97. The van der Waals surface area contributed by atoms with Gasteiger partial charge in [-0.15, -0.1) is 0 Å². The molecule has 0 atom stereocenters. The van der Waals surface area contributed by atoms with Crippen LogP contribution in [0.15, 0.2) is 11.1 Å². The molecule has 62 valence electrons. The quantitative estimate of drug-likeness (QED) is 0.507. The zero-order chi connectivity index (χ0) is 9.19. The first-order valence-corrected chi connectivity index (χ1v) is 3.75. The van der Waals surface area contributed by atoms with E-state index in [0.717, 1.165) is 5.57 Å². The van der Waals surface area contributed by atoms with Gasteiger partial charge in [-0.1, -0.05) is 0 Å². The van der Waals surface area contributed by atoms with Crippen LogP contribution in [0.2, 0.25) is 0 Å². The van der Waals surface area contributed by atoms with Gasteiger partial charge in [0, 0.05) is 6.42 Å². The second-order valence-electron chi connectivity index (χ2n) is 3.43. The van der Waals surface area contributed by atoms with Crippen LogP contribution < -0.4 is 0 Å². The summed E-state index contributed by atoms with van der Waals surface area (Å²) in [6.07, 6.45) is 0.684. The van der Waals surface area contributed by atoms with Gasteiger partial charge in [0.25, 0.3) is 0 Å². The minimum Gasteiger partial charge on any atom is -0.371 e. The van der Waals surface area contributed by atoms with Crippen LogP contribution in [0.25, 0.3) is 0 Å². The molecule has 0 unspecified atom stereocenters. The van der Waals surface area contributed by atoms with Crippen LogP contribution in [0.4, 0.5) is 0 Å². The van der Waals surface area contributed by atoms with Crippen LogP contribution >= 0.6 is 0 Å². The van der Waals surface area contributed by atoms with Gasteiger partial charge in [-0.25, -0.2) is 0 Å². The summed E-state index contributed by atoms with van der Waals surface area (Å²) in [6, 6.07) is 3.74. The minimum atomic E-state index is -0.214. The Morgan fingerprint density at radius 2 is 2.00 bits per heavy atom. The lowest BCUT2D eigenvalue weighted by atomic mass is 10.00. The van der Waals surface area contributed by atoms with Gasteiger partial charge in [-0.05, 0) is 19.4 Å². The fraction of sp³-hybridized carbons (Fsp3) is 0.556. The average Bonchev–Trinajstić information content (AvgIpc) is 2.34. The van der Waals surface area contributed by atoms with Gasteiger partial charge < -0.3 is 4.74 Å². The van der Waals surface area contributed by atoms with Gasteiger partial charge in [0.1, 0.15) is 17.7 Å². The molecule has 1 heterocycles. The van der Waals surface area contributed by atoms with E-state index in [1.54, 1.807) is 0 Å². The van der Waals surface area contributed by atoms with E-state index in [0.29, 0.717) is 13.0 Å². The Labute approximate surface area is 71.9 Å². The van der Waals surface area contributed by atoms with Crippen molar-refractivity contribution in [3.05, 3.63) is 11.1 Å². The molecular weight excluding hydrogens is 152 g/mol. The standard InChI is InChI=1S/C9H10N2O/c1-9(2)3-7(6-12-9)8(4-10)5-11/h3,6H2,1-2H3. The fourth-order valence-corrected chi connectivity index (χ4v) is 1.24. The Morgan fingerprint density at radius 1 is 1.42 bits per heavy atom. The molecule has 0 N–H and O–H groups in total. The van der Waals surface area contributed by atoms with Crippen molar-refractivity contribution in [2.45, 2.75) is 25.9 Å². The summed E-state index contributed by atoms with van der Waals surface area (Å²) in [5.74, 6) is 0. The maximum Gasteiger partial charge on any atom is 0.131 e. The Bertz CT molecular complexity index is 285. The summed E-state index contributed by atoms with van der Waals surface area (Å²) in [6.45, 7) is 4.32. The van der Waals surface area contributed by atoms with E-state index in [1.807, 2.05) is 26.0 Å². The molecule has 12 heavy (non-hydrogen) atoms. The zero-order valence-electron chi connectivity index (χ0n) is 7.22. The van der Waals surface area contributed by atoms with Crippen molar-refractivity contribution >= 4 is 0 Å². The SMILES string of the molecule is CC1(C)CC(=C(C#N)C#N)CO1. The molecule has 0 saturated carbocycles. The summed E-state index contributed by atoms with van der Waals surface area (Å²) in [7, 11) is 0. The molecule has 0 bridgehead atoms. The highest BCUT2D eigenvalue weighted by molar-refractivity contribution is 5.41. The highest BCUT2D eigenvalue weighted by Crippen LogP contribution is 2.30. The first-order chi connectivity index (χ1) is 5.59. The third kappa shape index (κ3) is 1.64. The predicted octanol–water partition coefficient (Wildman–Crippen LogP) is 1.53. The number of hydrogen-bond acceptors (Lipinski definition) is 3. The molecule has 0 radical (unpaired) electrons. The molecule has 0 aromatic rings. The summed E-state index contributed by atoms with van der Waals surface area (Å²) in [5.41, 5.74) is 0.819. The number of nitrogens with zero attached hydrogens (tertiary/aromatic N) is 2. The van der Waals surface area contributed by atoms with Crippen molar-refractivity contribution in [2.24, 2.45) is 0 Å². The summed E-state index contributed by atoms with van der Waals surface area (Å²) in [5, 5.41) is 17.1. The lowest BCUT2D eigenvalue weighted by Gasteiger charge is -2.14.